The van der Waals surface area contributed by atoms with Gasteiger partial charge in [-0.25, -0.2) is 4.79 Å². The van der Waals surface area contributed by atoms with E-state index in [2.05, 4.69) is 5.32 Å². The number of hydrogen-bond donors (Lipinski definition) is 2. The van der Waals surface area contributed by atoms with Gasteiger partial charge in [-0.15, -0.1) is 11.3 Å². The Morgan fingerprint density at radius 2 is 2.12 bits per heavy atom. The van der Waals surface area contributed by atoms with Crippen molar-refractivity contribution in [3.8, 4) is 0 Å². The molecule has 1 aromatic rings. The van der Waals surface area contributed by atoms with E-state index in [-0.39, 0.29) is 18.4 Å². The van der Waals surface area contributed by atoms with Crippen LogP contribution in [0.15, 0.2) is 11.4 Å². The second-order valence-electron chi connectivity index (χ2n) is 6.13. The standard InChI is InChI=1S/C17H25N3O4S/c1-4-17(5-2,10-18)16(23)19-12-6-8-20(13(12)21)14-11(7-9-25-14)15(22)24-3/h7,9,12H,4-6,8,10,18H2,1-3H3,(H,19,23). The predicted molar refractivity (Wildman–Crippen MR) is 96.6 cm³/mol. The van der Waals surface area contributed by atoms with Gasteiger partial charge in [0.1, 0.15) is 11.0 Å². The van der Waals surface area contributed by atoms with E-state index in [4.69, 9.17) is 10.5 Å². The molecular formula is C17H25N3O4S. The molecule has 0 radical (unpaired) electrons. The van der Waals surface area contributed by atoms with E-state index in [1.165, 1.54) is 18.4 Å². The summed E-state index contributed by atoms with van der Waals surface area (Å²) in [5.41, 5.74) is 5.53. The van der Waals surface area contributed by atoms with E-state index < -0.39 is 17.4 Å². The lowest BCUT2D eigenvalue weighted by molar-refractivity contribution is -0.134. The van der Waals surface area contributed by atoms with Crippen molar-refractivity contribution in [2.75, 3.05) is 25.1 Å². The molecule has 0 spiro atoms. The van der Waals surface area contributed by atoms with Gasteiger partial charge >= 0.3 is 5.97 Å². The van der Waals surface area contributed by atoms with E-state index in [9.17, 15) is 14.4 Å². The SMILES string of the molecule is CCC(CC)(CN)C(=O)NC1CCN(c2sccc2C(=O)OC)C1=O. The fraction of sp³-hybridized carbons (Fsp3) is 0.588. The molecule has 0 aromatic carbocycles. The van der Waals surface area contributed by atoms with Gasteiger partial charge < -0.3 is 20.7 Å². The highest BCUT2D eigenvalue weighted by Crippen LogP contribution is 2.32. The third kappa shape index (κ3) is 3.55. The zero-order chi connectivity index (χ0) is 18.6. The second-order valence-corrected chi connectivity index (χ2v) is 7.02. The number of carbonyl (C=O) groups is 3. The Kier molecular flexibility index (Phi) is 6.18. The largest absolute Gasteiger partial charge is 0.465 e. The smallest absolute Gasteiger partial charge is 0.340 e. The summed E-state index contributed by atoms with van der Waals surface area (Å²) in [6.45, 7) is 4.54. The number of nitrogens with one attached hydrogen (secondary N) is 1. The summed E-state index contributed by atoms with van der Waals surface area (Å²) < 4.78 is 4.76. The summed E-state index contributed by atoms with van der Waals surface area (Å²) in [5.74, 6) is -0.866. The monoisotopic (exact) mass is 367 g/mol. The van der Waals surface area contributed by atoms with Crippen molar-refractivity contribution in [2.24, 2.45) is 11.1 Å². The molecule has 1 fully saturated rings. The first-order valence-electron chi connectivity index (χ1n) is 8.42. The predicted octanol–water partition coefficient (Wildman–Crippen LogP) is 1.52. The summed E-state index contributed by atoms with van der Waals surface area (Å²) >= 11 is 1.31. The summed E-state index contributed by atoms with van der Waals surface area (Å²) in [7, 11) is 1.31. The normalized spacial score (nSPS) is 17.7. The van der Waals surface area contributed by atoms with Crippen LogP contribution in [0.5, 0.6) is 0 Å². The third-order valence-corrected chi connectivity index (χ3v) is 5.97. The van der Waals surface area contributed by atoms with Crippen molar-refractivity contribution in [2.45, 2.75) is 39.2 Å². The molecule has 138 valence electrons. The van der Waals surface area contributed by atoms with E-state index in [1.807, 2.05) is 13.8 Å². The van der Waals surface area contributed by atoms with Crippen molar-refractivity contribution in [3.63, 3.8) is 0 Å². The number of nitrogens with two attached hydrogens (primary N) is 1. The maximum absolute atomic E-state index is 12.7. The van der Waals surface area contributed by atoms with Crippen LogP contribution in [-0.2, 0) is 14.3 Å². The number of anilines is 1. The highest BCUT2D eigenvalue weighted by Gasteiger charge is 2.40. The highest BCUT2D eigenvalue weighted by molar-refractivity contribution is 7.14. The Bertz CT molecular complexity index is 646. The lowest BCUT2D eigenvalue weighted by atomic mass is 9.81. The lowest BCUT2D eigenvalue weighted by Crippen LogP contribution is -2.51. The maximum Gasteiger partial charge on any atom is 0.340 e. The van der Waals surface area contributed by atoms with Gasteiger partial charge in [0, 0.05) is 13.1 Å². The van der Waals surface area contributed by atoms with Crippen LogP contribution < -0.4 is 16.0 Å². The Labute approximate surface area is 151 Å². The molecule has 0 bridgehead atoms. The summed E-state index contributed by atoms with van der Waals surface area (Å²) in [4.78, 5) is 38.7. The highest BCUT2D eigenvalue weighted by atomic mass is 32.1. The molecule has 0 saturated carbocycles. The number of methoxy groups -OCH3 is 1. The van der Waals surface area contributed by atoms with Gasteiger partial charge in [-0.2, -0.15) is 0 Å². The van der Waals surface area contributed by atoms with Crippen molar-refractivity contribution >= 4 is 34.1 Å². The quantitative estimate of drug-likeness (QED) is 0.712. The average Bonchev–Trinajstić information content (AvgIpc) is 3.23. The Morgan fingerprint density at radius 1 is 1.44 bits per heavy atom. The van der Waals surface area contributed by atoms with E-state index >= 15 is 0 Å². The van der Waals surface area contributed by atoms with Crippen LogP contribution in [0.1, 0.15) is 43.5 Å². The van der Waals surface area contributed by atoms with Gasteiger partial charge in [0.2, 0.25) is 11.8 Å². The van der Waals surface area contributed by atoms with Crippen LogP contribution in [0.4, 0.5) is 5.00 Å². The molecule has 2 amide bonds. The molecule has 25 heavy (non-hydrogen) atoms. The van der Waals surface area contributed by atoms with Crippen LogP contribution >= 0.6 is 11.3 Å². The first kappa shape index (κ1) is 19.4. The number of amides is 2. The van der Waals surface area contributed by atoms with Crippen molar-refractivity contribution in [3.05, 3.63) is 17.0 Å². The van der Waals surface area contributed by atoms with Gasteiger partial charge in [-0.1, -0.05) is 13.8 Å². The van der Waals surface area contributed by atoms with Crippen molar-refractivity contribution in [1.29, 1.82) is 0 Å². The first-order valence-corrected chi connectivity index (χ1v) is 9.30. The van der Waals surface area contributed by atoms with Crippen LogP contribution in [-0.4, -0.2) is 44.0 Å². The summed E-state index contributed by atoms with van der Waals surface area (Å²) in [5, 5.41) is 5.16. The number of hydrogen-bond acceptors (Lipinski definition) is 6. The van der Waals surface area contributed by atoms with Crippen LogP contribution in [0.25, 0.3) is 0 Å². The first-order chi connectivity index (χ1) is 11.9. The Hall–Kier alpha value is -1.93. The average molecular weight is 367 g/mol. The minimum atomic E-state index is -0.645. The molecule has 1 unspecified atom stereocenters. The molecular weight excluding hydrogens is 342 g/mol. The van der Waals surface area contributed by atoms with Crippen LogP contribution in [0.2, 0.25) is 0 Å². The Balaban J connectivity index is 2.14. The molecule has 1 aromatic heterocycles. The topological polar surface area (TPSA) is 102 Å². The van der Waals surface area contributed by atoms with E-state index in [1.54, 1.807) is 16.3 Å². The maximum atomic E-state index is 12.7. The number of esters is 1. The van der Waals surface area contributed by atoms with Gasteiger partial charge in [-0.05, 0) is 30.7 Å². The van der Waals surface area contributed by atoms with Gasteiger partial charge in [0.25, 0.3) is 0 Å². The number of ether oxygens (including phenoxy) is 1. The zero-order valence-corrected chi connectivity index (χ0v) is 15.6. The second kappa shape index (κ2) is 7.97. The summed E-state index contributed by atoms with van der Waals surface area (Å²) in [6.07, 6.45) is 1.74. The Morgan fingerprint density at radius 3 is 2.68 bits per heavy atom. The molecule has 1 aliphatic rings. The van der Waals surface area contributed by atoms with Gasteiger partial charge in [0.15, 0.2) is 0 Å². The van der Waals surface area contributed by atoms with E-state index in [0.29, 0.717) is 36.4 Å². The lowest BCUT2D eigenvalue weighted by Gasteiger charge is -2.29. The molecule has 1 atom stereocenters. The van der Waals surface area contributed by atoms with Crippen LogP contribution in [0.3, 0.4) is 0 Å². The molecule has 7 nitrogen and oxygen atoms in total. The molecule has 1 aliphatic heterocycles. The molecule has 3 N–H and O–H groups in total. The number of carbonyl (C=O) groups excluding carboxylic acids is 3. The third-order valence-electron chi connectivity index (χ3n) is 5.03. The minimum absolute atomic E-state index is 0.181. The molecule has 1 saturated heterocycles. The fourth-order valence-corrected chi connectivity index (χ4v) is 3.97. The van der Waals surface area contributed by atoms with Gasteiger partial charge in [-0.3, -0.25) is 9.59 Å². The van der Waals surface area contributed by atoms with E-state index in [0.717, 1.165) is 0 Å². The fourth-order valence-electron chi connectivity index (χ4n) is 3.05. The molecule has 2 rings (SSSR count). The molecule has 0 aliphatic carbocycles. The van der Waals surface area contributed by atoms with Crippen molar-refractivity contribution < 1.29 is 19.1 Å². The number of nitrogens with zero attached hydrogens (tertiary/aromatic N) is 1. The molecule has 2 heterocycles. The minimum Gasteiger partial charge on any atom is -0.465 e. The zero-order valence-electron chi connectivity index (χ0n) is 14.8. The van der Waals surface area contributed by atoms with Crippen molar-refractivity contribution in [1.82, 2.24) is 5.32 Å². The number of rotatable bonds is 7. The van der Waals surface area contributed by atoms with Gasteiger partial charge in [0.05, 0.1) is 18.1 Å². The van der Waals surface area contributed by atoms with Crippen LogP contribution in [0, 0.1) is 5.41 Å². The number of thiophene rings is 1. The molecule has 8 heteroatoms. The summed E-state index contributed by atoms with van der Waals surface area (Å²) in [6, 6.07) is 1.04.